The van der Waals surface area contributed by atoms with E-state index in [0.717, 1.165) is 5.69 Å². The number of hydrogen-bond donors (Lipinski definition) is 2. The van der Waals surface area contributed by atoms with Crippen LogP contribution in [-0.2, 0) is 0 Å². The Morgan fingerprint density at radius 2 is 2.33 bits per heavy atom. The van der Waals surface area contributed by atoms with Crippen LogP contribution in [0.15, 0.2) is 18.3 Å². The van der Waals surface area contributed by atoms with Gasteiger partial charge in [0.05, 0.1) is 11.4 Å². The van der Waals surface area contributed by atoms with Gasteiger partial charge in [-0.3, -0.25) is 15.0 Å². The number of carbonyl (C=O) groups excluding carboxylic acids is 1. The molecule has 0 saturated carbocycles. The summed E-state index contributed by atoms with van der Waals surface area (Å²) in [7, 11) is 0. The summed E-state index contributed by atoms with van der Waals surface area (Å²) >= 11 is 0. The lowest BCUT2D eigenvalue weighted by Gasteiger charge is -1.84. The number of nitrogens with one attached hydrogen (secondary N) is 2. The Morgan fingerprint density at radius 1 is 1.42 bits per heavy atom. The zero-order valence-electron chi connectivity index (χ0n) is 6.11. The standard InChI is InChI=1S/C7H6N4O/c12-4-5-3-7(11-9-5)6-1-2-8-10-6/h1-4H,(H,8,10)(H,9,11). The highest BCUT2D eigenvalue weighted by Gasteiger charge is 2.02. The second kappa shape index (κ2) is 2.61. The van der Waals surface area contributed by atoms with Crippen molar-refractivity contribution < 1.29 is 4.79 Å². The summed E-state index contributed by atoms with van der Waals surface area (Å²) in [6.07, 6.45) is 2.34. The second-order valence-electron chi connectivity index (χ2n) is 2.30. The molecule has 2 N–H and O–H groups in total. The molecule has 0 aliphatic rings. The third-order valence-corrected chi connectivity index (χ3v) is 1.50. The van der Waals surface area contributed by atoms with Crippen LogP contribution in [0.5, 0.6) is 0 Å². The summed E-state index contributed by atoms with van der Waals surface area (Å²) in [4.78, 5) is 10.3. The Kier molecular flexibility index (Phi) is 1.48. The maximum atomic E-state index is 10.3. The molecule has 0 aliphatic heterocycles. The van der Waals surface area contributed by atoms with E-state index in [-0.39, 0.29) is 0 Å². The van der Waals surface area contributed by atoms with Crippen molar-refractivity contribution in [2.75, 3.05) is 0 Å². The molecule has 12 heavy (non-hydrogen) atoms. The molecule has 0 bridgehead atoms. The van der Waals surface area contributed by atoms with Gasteiger partial charge in [0.25, 0.3) is 0 Å². The van der Waals surface area contributed by atoms with Gasteiger partial charge in [-0.25, -0.2) is 0 Å². The number of nitrogens with zero attached hydrogens (tertiary/aromatic N) is 2. The van der Waals surface area contributed by atoms with Gasteiger partial charge in [0.1, 0.15) is 5.69 Å². The van der Waals surface area contributed by atoms with Crippen LogP contribution in [0.25, 0.3) is 11.4 Å². The fourth-order valence-corrected chi connectivity index (χ4v) is 0.934. The van der Waals surface area contributed by atoms with E-state index in [1.54, 1.807) is 18.3 Å². The molecule has 5 heteroatoms. The fraction of sp³-hybridized carbons (Fsp3) is 0. The molecule has 2 aromatic heterocycles. The quantitative estimate of drug-likeness (QED) is 0.635. The Bertz CT molecular complexity index is 376. The van der Waals surface area contributed by atoms with Gasteiger partial charge in [-0.05, 0) is 12.1 Å². The molecule has 0 fully saturated rings. The van der Waals surface area contributed by atoms with Gasteiger partial charge in [0, 0.05) is 6.20 Å². The lowest BCUT2D eigenvalue weighted by Crippen LogP contribution is -1.77. The van der Waals surface area contributed by atoms with E-state index in [0.29, 0.717) is 17.7 Å². The van der Waals surface area contributed by atoms with Gasteiger partial charge >= 0.3 is 0 Å². The first kappa shape index (κ1) is 6.78. The van der Waals surface area contributed by atoms with E-state index < -0.39 is 0 Å². The smallest absolute Gasteiger partial charge is 0.167 e. The normalized spacial score (nSPS) is 10.0. The summed E-state index contributed by atoms with van der Waals surface area (Å²) in [6.45, 7) is 0. The number of hydrogen-bond acceptors (Lipinski definition) is 3. The van der Waals surface area contributed by atoms with Crippen LogP contribution in [0.4, 0.5) is 0 Å². The summed E-state index contributed by atoms with van der Waals surface area (Å²) in [5.74, 6) is 0. The molecule has 0 spiro atoms. The van der Waals surface area contributed by atoms with Crippen LogP contribution < -0.4 is 0 Å². The van der Waals surface area contributed by atoms with Crippen LogP contribution in [0.1, 0.15) is 10.5 Å². The minimum Gasteiger partial charge on any atom is -0.296 e. The molecule has 0 saturated heterocycles. The molecule has 0 aromatic carbocycles. The second-order valence-corrected chi connectivity index (χ2v) is 2.30. The van der Waals surface area contributed by atoms with Crippen LogP contribution >= 0.6 is 0 Å². The van der Waals surface area contributed by atoms with Crippen molar-refractivity contribution in [1.29, 1.82) is 0 Å². The maximum Gasteiger partial charge on any atom is 0.167 e. The molecular weight excluding hydrogens is 156 g/mol. The minimum absolute atomic E-state index is 0.458. The zero-order valence-corrected chi connectivity index (χ0v) is 6.11. The van der Waals surface area contributed by atoms with Crippen LogP contribution in [-0.4, -0.2) is 26.7 Å². The highest BCUT2D eigenvalue weighted by Crippen LogP contribution is 2.12. The number of aldehydes is 1. The molecule has 0 aliphatic carbocycles. The van der Waals surface area contributed by atoms with Gasteiger partial charge < -0.3 is 0 Å². The zero-order chi connectivity index (χ0) is 8.39. The molecule has 2 aromatic rings. The van der Waals surface area contributed by atoms with Gasteiger partial charge in [0.2, 0.25) is 0 Å². The summed E-state index contributed by atoms with van der Waals surface area (Å²) in [6, 6.07) is 3.44. The summed E-state index contributed by atoms with van der Waals surface area (Å²) in [5.41, 5.74) is 1.94. The van der Waals surface area contributed by atoms with E-state index in [9.17, 15) is 4.79 Å². The number of aromatic amines is 2. The van der Waals surface area contributed by atoms with Crippen LogP contribution in [0, 0.1) is 0 Å². The largest absolute Gasteiger partial charge is 0.296 e. The number of aromatic nitrogens is 4. The predicted molar refractivity (Wildman–Crippen MR) is 41.6 cm³/mol. The maximum absolute atomic E-state index is 10.3. The first-order valence-corrected chi connectivity index (χ1v) is 3.40. The topological polar surface area (TPSA) is 74.4 Å². The molecule has 0 radical (unpaired) electrons. The first-order chi connectivity index (χ1) is 5.90. The lowest BCUT2D eigenvalue weighted by molar-refractivity contribution is 0.111. The molecule has 2 rings (SSSR count). The van der Waals surface area contributed by atoms with Crippen molar-refractivity contribution in [2.45, 2.75) is 0 Å². The molecule has 0 atom stereocenters. The van der Waals surface area contributed by atoms with Crippen molar-refractivity contribution in [3.05, 3.63) is 24.0 Å². The minimum atomic E-state index is 0.458. The number of rotatable bonds is 2. The lowest BCUT2D eigenvalue weighted by atomic mass is 10.3. The third kappa shape index (κ3) is 1.01. The van der Waals surface area contributed by atoms with Gasteiger partial charge in [-0.1, -0.05) is 0 Å². The average Bonchev–Trinajstić information content (AvgIpc) is 2.75. The molecular formula is C7H6N4O. The van der Waals surface area contributed by atoms with Crippen molar-refractivity contribution in [3.63, 3.8) is 0 Å². The Morgan fingerprint density at radius 3 is 2.92 bits per heavy atom. The van der Waals surface area contributed by atoms with E-state index in [4.69, 9.17) is 0 Å². The van der Waals surface area contributed by atoms with Gasteiger partial charge in [0.15, 0.2) is 6.29 Å². The Hall–Kier alpha value is -1.91. The highest BCUT2D eigenvalue weighted by molar-refractivity contribution is 5.74. The predicted octanol–water partition coefficient (Wildman–Crippen LogP) is 0.612. The van der Waals surface area contributed by atoms with Crippen molar-refractivity contribution in [3.8, 4) is 11.4 Å². The van der Waals surface area contributed by atoms with Crippen molar-refractivity contribution in [2.24, 2.45) is 0 Å². The van der Waals surface area contributed by atoms with E-state index in [1.807, 2.05) is 0 Å². The van der Waals surface area contributed by atoms with Crippen LogP contribution in [0.2, 0.25) is 0 Å². The molecule has 2 heterocycles. The third-order valence-electron chi connectivity index (χ3n) is 1.50. The number of carbonyl (C=O) groups is 1. The van der Waals surface area contributed by atoms with Crippen LogP contribution in [0.3, 0.4) is 0 Å². The molecule has 0 amide bonds. The van der Waals surface area contributed by atoms with E-state index >= 15 is 0 Å². The van der Waals surface area contributed by atoms with E-state index in [1.165, 1.54) is 0 Å². The average molecular weight is 162 g/mol. The molecule has 60 valence electrons. The van der Waals surface area contributed by atoms with E-state index in [2.05, 4.69) is 20.4 Å². The highest BCUT2D eigenvalue weighted by atomic mass is 16.1. The fourth-order valence-electron chi connectivity index (χ4n) is 0.934. The molecule has 0 unspecified atom stereocenters. The first-order valence-electron chi connectivity index (χ1n) is 3.40. The van der Waals surface area contributed by atoms with Gasteiger partial charge in [-0.2, -0.15) is 10.2 Å². The van der Waals surface area contributed by atoms with Gasteiger partial charge in [-0.15, -0.1) is 0 Å². The van der Waals surface area contributed by atoms with Crippen molar-refractivity contribution in [1.82, 2.24) is 20.4 Å². The SMILES string of the molecule is O=Cc1cc(-c2ccn[nH]2)n[nH]1. The monoisotopic (exact) mass is 162 g/mol. The summed E-state index contributed by atoms with van der Waals surface area (Å²) in [5, 5.41) is 13.0. The Labute approximate surface area is 67.8 Å². The molecule has 5 nitrogen and oxygen atoms in total. The number of H-pyrrole nitrogens is 2. The van der Waals surface area contributed by atoms with Crippen molar-refractivity contribution >= 4 is 6.29 Å². The Balaban J connectivity index is 2.41. The summed E-state index contributed by atoms with van der Waals surface area (Å²) < 4.78 is 0.